The topological polar surface area (TPSA) is 93.7 Å². The molecule has 0 heterocycles. The molecular weight excluding hydrogens is 308 g/mol. The van der Waals surface area contributed by atoms with Gasteiger partial charge in [-0.2, -0.15) is 0 Å². The van der Waals surface area contributed by atoms with Crippen molar-refractivity contribution in [2.24, 2.45) is 0 Å². The van der Waals surface area contributed by atoms with Crippen LogP contribution in [0.2, 0.25) is 0 Å². The van der Waals surface area contributed by atoms with Crippen molar-refractivity contribution in [3.63, 3.8) is 0 Å². The van der Waals surface area contributed by atoms with Gasteiger partial charge >= 0.3 is 0 Å². The highest BCUT2D eigenvalue weighted by molar-refractivity contribution is 7.89. The van der Waals surface area contributed by atoms with Crippen molar-refractivity contribution in [3.05, 3.63) is 23.8 Å². The van der Waals surface area contributed by atoms with Crippen molar-refractivity contribution >= 4 is 15.9 Å². The van der Waals surface area contributed by atoms with Crippen LogP contribution >= 0.6 is 0 Å². The zero-order valence-corrected chi connectivity index (χ0v) is 13.8. The van der Waals surface area contributed by atoms with Crippen LogP contribution in [-0.2, 0) is 14.8 Å². The minimum absolute atomic E-state index is 0.0203. The monoisotopic (exact) mass is 330 g/mol. The molecule has 0 radical (unpaired) electrons. The van der Waals surface area contributed by atoms with Gasteiger partial charge in [0.1, 0.15) is 5.75 Å². The van der Waals surface area contributed by atoms with Crippen molar-refractivity contribution < 1.29 is 22.7 Å². The van der Waals surface area contributed by atoms with E-state index in [2.05, 4.69) is 10.0 Å². The van der Waals surface area contributed by atoms with E-state index in [0.29, 0.717) is 25.3 Å². The number of carbonyl (C=O) groups excluding carboxylic acids is 1. The Morgan fingerprint density at radius 3 is 2.59 bits per heavy atom. The maximum Gasteiger partial charge on any atom is 0.255 e. The molecule has 8 heteroatoms. The molecule has 1 amide bonds. The lowest BCUT2D eigenvalue weighted by atomic mass is 10.2. The summed E-state index contributed by atoms with van der Waals surface area (Å²) in [4.78, 5) is 12.0. The van der Waals surface area contributed by atoms with Gasteiger partial charge in [0.15, 0.2) is 0 Å². The fourth-order valence-electron chi connectivity index (χ4n) is 1.79. The number of benzene rings is 1. The Labute approximate surface area is 131 Å². The van der Waals surface area contributed by atoms with Crippen LogP contribution in [0.5, 0.6) is 5.75 Å². The third kappa shape index (κ3) is 4.97. The van der Waals surface area contributed by atoms with E-state index < -0.39 is 10.0 Å². The van der Waals surface area contributed by atoms with Crippen LogP contribution in [0.4, 0.5) is 0 Å². The predicted octanol–water partition coefficient (Wildman–Crippen LogP) is 0.760. The Hall–Kier alpha value is -1.64. The molecule has 0 aliphatic rings. The molecule has 22 heavy (non-hydrogen) atoms. The zero-order chi connectivity index (χ0) is 16.6. The smallest absolute Gasteiger partial charge is 0.255 e. The molecule has 0 atom stereocenters. The van der Waals surface area contributed by atoms with Gasteiger partial charge in [-0.15, -0.1) is 0 Å². The molecule has 0 aliphatic carbocycles. The highest BCUT2D eigenvalue weighted by Gasteiger charge is 2.19. The normalized spacial score (nSPS) is 11.2. The molecule has 0 spiro atoms. The third-order valence-electron chi connectivity index (χ3n) is 2.88. The van der Waals surface area contributed by atoms with Gasteiger partial charge in [0.2, 0.25) is 10.0 Å². The minimum atomic E-state index is -3.68. The molecule has 0 aliphatic heterocycles. The molecule has 124 valence electrons. The second-order valence-electron chi connectivity index (χ2n) is 4.47. The number of sulfonamides is 1. The lowest BCUT2D eigenvalue weighted by molar-refractivity contribution is 0.0952. The van der Waals surface area contributed by atoms with Gasteiger partial charge in [-0.05, 0) is 31.5 Å². The molecule has 1 aromatic carbocycles. The number of nitrogens with one attached hydrogen (secondary N) is 2. The predicted molar refractivity (Wildman–Crippen MR) is 82.7 cm³/mol. The van der Waals surface area contributed by atoms with Crippen molar-refractivity contribution in [2.45, 2.75) is 18.2 Å². The molecular formula is C14H22N2O5S. The number of hydrogen-bond donors (Lipinski definition) is 2. The van der Waals surface area contributed by atoms with Gasteiger partial charge in [-0.3, -0.25) is 4.79 Å². The molecule has 0 bridgehead atoms. The maximum atomic E-state index is 12.2. The summed E-state index contributed by atoms with van der Waals surface area (Å²) < 4.78 is 36.8. The quantitative estimate of drug-likeness (QED) is 0.652. The SMILES string of the molecule is CCNC(=O)c1cc(S(=O)(=O)NCCCOC)ccc1OC. The van der Waals surface area contributed by atoms with Crippen LogP contribution in [-0.4, -0.2) is 48.2 Å². The summed E-state index contributed by atoms with van der Waals surface area (Å²) in [5, 5.41) is 2.62. The number of carbonyl (C=O) groups is 1. The number of methoxy groups -OCH3 is 2. The first kappa shape index (κ1) is 18.4. The largest absolute Gasteiger partial charge is 0.496 e. The Morgan fingerprint density at radius 2 is 2.00 bits per heavy atom. The van der Waals surface area contributed by atoms with E-state index in [9.17, 15) is 13.2 Å². The third-order valence-corrected chi connectivity index (χ3v) is 4.34. The Balaban J connectivity index is 3.00. The summed E-state index contributed by atoms with van der Waals surface area (Å²) in [7, 11) is -0.700. The van der Waals surface area contributed by atoms with Gasteiger partial charge in [0.05, 0.1) is 17.6 Å². The van der Waals surface area contributed by atoms with E-state index in [1.54, 1.807) is 14.0 Å². The number of rotatable bonds is 9. The molecule has 0 saturated carbocycles. The van der Waals surface area contributed by atoms with Crippen LogP contribution in [0, 0.1) is 0 Å². The molecule has 1 aromatic rings. The lowest BCUT2D eigenvalue weighted by Gasteiger charge is -2.11. The van der Waals surface area contributed by atoms with Crippen LogP contribution < -0.4 is 14.8 Å². The van der Waals surface area contributed by atoms with Crippen molar-refractivity contribution in [2.75, 3.05) is 33.9 Å². The second kappa shape index (κ2) is 8.72. The summed E-state index contributed by atoms with van der Waals surface area (Å²) in [5.74, 6) is -0.0555. The highest BCUT2D eigenvalue weighted by Crippen LogP contribution is 2.22. The minimum Gasteiger partial charge on any atom is -0.496 e. The van der Waals surface area contributed by atoms with E-state index in [4.69, 9.17) is 9.47 Å². The Morgan fingerprint density at radius 1 is 1.27 bits per heavy atom. The summed E-state index contributed by atoms with van der Waals surface area (Å²) in [5.41, 5.74) is 0.184. The molecule has 0 aromatic heterocycles. The van der Waals surface area contributed by atoms with Crippen LogP contribution in [0.15, 0.2) is 23.1 Å². The standard InChI is InChI=1S/C14H22N2O5S/c1-4-15-14(17)12-10-11(6-7-13(12)21-3)22(18,19)16-8-5-9-20-2/h6-7,10,16H,4-5,8-9H2,1-3H3,(H,15,17). The van der Waals surface area contributed by atoms with E-state index in [1.807, 2.05) is 0 Å². The summed E-state index contributed by atoms with van der Waals surface area (Å²) >= 11 is 0. The van der Waals surface area contributed by atoms with Crippen molar-refractivity contribution in [1.82, 2.24) is 10.0 Å². The van der Waals surface area contributed by atoms with Gasteiger partial charge < -0.3 is 14.8 Å². The second-order valence-corrected chi connectivity index (χ2v) is 6.23. The summed E-state index contributed by atoms with van der Waals surface area (Å²) in [6, 6.07) is 4.18. The fraction of sp³-hybridized carbons (Fsp3) is 0.500. The highest BCUT2D eigenvalue weighted by atomic mass is 32.2. The molecule has 7 nitrogen and oxygen atoms in total. The Bertz CT molecular complexity index is 601. The number of hydrogen-bond acceptors (Lipinski definition) is 5. The first-order chi connectivity index (χ1) is 10.5. The van der Waals surface area contributed by atoms with Gasteiger partial charge in [-0.1, -0.05) is 0 Å². The van der Waals surface area contributed by atoms with Crippen LogP contribution in [0.25, 0.3) is 0 Å². The van der Waals surface area contributed by atoms with Crippen molar-refractivity contribution in [1.29, 1.82) is 0 Å². The average molecular weight is 330 g/mol. The van der Waals surface area contributed by atoms with Crippen LogP contribution in [0.1, 0.15) is 23.7 Å². The van der Waals surface area contributed by atoms with Crippen LogP contribution in [0.3, 0.4) is 0 Å². The summed E-state index contributed by atoms with van der Waals surface area (Å²) in [6.45, 7) is 2.95. The van der Waals surface area contributed by atoms with E-state index in [0.717, 1.165) is 0 Å². The maximum absolute atomic E-state index is 12.2. The van der Waals surface area contributed by atoms with E-state index >= 15 is 0 Å². The number of ether oxygens (including phenoxy) is 2. The average Bonchev–Trinajstić information content (AvgIpc) is 2.51. The first-order valence-electron chi connectivity index (χ1n) is 6.91. The molecule has 1 rings (SSSR count). The van der Waals surface area contributed by atoms with E-state index in [1.165, 1.54) is 25.3 Å². The molecule has 0 saturated heterocycles. The number of amides is 1. The summed E-state index contributed by atoms with van der Waals surface area (Å²) in [6.07, 6.45) is 0.565. The first-order valence-corrected chi connectivity index (χ1v) is 8.39. The van der Waals surface area contributed by atoms with Gasteiger partial charge in [-0.25, -0.2) is 13.1 Å². The van der Waals surface area contributed by atoms with Gasteiger partial charge in [0.25, 0.3) is 5.91 Å². The van der Waals surface area contributed by atoms with Crippen molar-refractivity contribution in [3.8, 4) is 5.75 Å². The zero-order valence-electron chi connectivity index (χ0n) is 13.0. The lowest BCUT2D eigenvalue weighted by Crippen LogP contribution is -2.27. The van der Waals surface area contributed by atoms with E-state index in [-0.39, 0.29) is 22.9 Å². The molecule has 0 unspecified atom stereocenters. The molecule has 2 N–H and O–H groups in total. The fourth-order valence-corrected chi connectivity index (χ4v) is 2.89. The Kier molecular flexibility index (Phi) is 7.30. The van der Waals surface area contributed by atoms with Gasteiger partial charge in [0, 0.05) is 26.8 Å². The molecule has 0 fully saturated rings.